The van der Waals surface area contributed by atoms with Crippen LogP contribution in [0.3, 0.4) is 0 Å². The smallest absolute Gasteiger partial charge is 0.265 e. The fourth-order valence-electron chi connectivity index (χ4n) is 1.89. The molecular formula is C17H18BrNO2. The molecule has 0 aliphatic carbocycles. The van der Waals surface area contributed by atoms with Gasteiger partial charge in [-0.15, -0.1) is 0 Å². The summed E-state index contributed by atoms with van der Waals surface area (Å²) in [5, 5.41) is 2.85. The first-order chi connectivity index (χ1) is 9.99. The maximum atomic E-state index is 12.2. The molecule has 0 bridgehead atoms. The van der Waals surface area contributed by atoms with Gasteiger partial charge in [-0.25, -0.2) is 0 Å². The molecule has 4 heteroatoms. The molecule has 0 radical (unpaired) electrons. The van der Waals surface area contributed by atoms with Crippen molar-refractivity contribution in [2.24, 2.45) is 0 Å². The van der Waals surface area contributed by atoms with E-state index in [0.717, 1.165) is 27.0 Å². The number of aryl methyl sites for hydroxylation is 1. The quantitative estimate of drug-likeness (QED) is 0.885. The van der Waals surface area contributed by atoms with Gasteiger partial charge in [-0.3, -0.25) is 4.79 Å². The van der Waals surface area contributed by atoms with Gasteiger partial charge in [-0.2, -0.15) is 0 Å². The van der Waals surface area contributed by atoms with Gasteiger partial charge in [0.15, 0.2) is 6.10 Å². The Bertz CT molecular complexity index is 655. The van der Waals surface area contributed by atoms with Crippen LogP contribution in [0.1, 0.15) is 18.1 Å². The summed E-state index contributed by atoms with van der Waals surface area (Å²) in [5.41, 5.74) is 2.93. The molecule has 1 N–H and O–H groups in total. The molecule has 0 saturated heterocycles. The molecule has 1 unspecified atom stereocenters. The molecule has 0 saturated carbocycles. The zero-order valence-electron chi connectivity index (χ0n) is 12.3. The lowest BCUT2D eigenvalue weighted by atomic mass is 10.1. The second-order valence-electron chi connectivity index (χ2n) is 4.93. The third-order valence-electron chi connectivity index (χ3n) is 3.36. The van der Waals surface area contributed by atoms with Gasteiger partial charge < -0.3 is 10.1 Å². The van der Waals surface area contributed by atoms with Crippen molar-refractivity contribution in [3.8, 4) is 5.75 Å². The van der Waals surface area contributed by atoms with Crippen LogP contribution in [0, 0.1) is 13.8 Å². The van der Waals surface area contributed by atoms with Gasteiger partial charge in [0.25, 0.3) is 5.91 Å². The molecule has 2 aromatic rings. The van der Waals surface area contributed by atoms with Crippen LogP contribution in [0.25, 0.3) is 0 Å². The van der Waals surface area contributed by atoms with E-state index in [9.17, 15) is 4.79 Å². The first-order valence-electron chi connectivity index (χ1n) is 6.77. The second-order valence-corrected chi connectivity index (χ2v) is 5.78. The number of hydrogen-bond acceptors (Lipinski definition) is 2. The Labute approximate surface area is 133 Å². The highest BCUT2D eigenvalue weighted by Crippen LogP contribution is 2.24. The number of halogens is 1. The summed E-state index contributed by atoms with van der Waals surface area (Å²) in [7, 11) is 0. The van der Waals surface area contributed by atoms with Crippen molar-refractivity contribution in [2.75, 3.05) is 5.32 Å². The average Bonchev–Trinajstić information content (AvgIpc) is 2.46. The molecule has 1 amide bonds. The van der Waals surface area contributed by atoms with E-state index in [2.05, 4.69) is 21.2 Å². The minimum Gasteiger partial charge on any atom is -0.481 e. The number of ether oxygens (including phenoxy) is 1. The number of nitrogens with one attached hydrogen (secondary N) is 1. The zero-order valence-corrected chi connectivity index (χ0v) is 13.9. The van der Waals surface area contributed by atoms with Crippen LogP contribution >= 0.6 is 15.9 Å². The van der Waals surface area contributed by atoms with Gasteiger partial charge in [-0.05, 0) is 66.0 Å². The Morgan fingerprint density at radius 3 is 2.57 bits per heavy atom. The average molecular weight is 348 g/mol. The molecule has 1 atom stereocenters. The summed E-state index contributed by atoms with van der Waals surface area (Å²) in [6.45, 7) is 5.75. The van der Waals surface area contributed by atoms with E-state index in [0.29, 0.717) is 0 Å². The summed E-state index contributed by atoms with van der Waals surface area (Å²) in [6.07, 6.45) is -0.572. The van der Waals surface area contributed by atoms with E-state index >= 15 is 0 Å². The highest BCUT2D eigenvalue weighted by atomic mass is 79.9. The topological polar surface area (TPSA) is 38.3 Å². The summed E-state index contributed by atoms with van der Waals surface area (Å²) in [5.74, 6) is 0.563. The third kappa shape index (κ3) is 3.85. The summed E-state index contributed by atoms with van der Waals surface area (Å²) < 4.78 is 6.62. The second kappa shape index (κ2) is 6.76. The van der Waals surface area contributed by atoms with E-state index in [1.165, 1.54) is 0 Å². The van der Waals surface area contributed by atoms with Gasteiger partial charge >= 0.3 is 0 Å². The van der Waals surface area contributed by atoms with Crippen LogP contribution in [0.2, 0.25) is 0 Å². The van der Waals surface area contributed by atoms with Crippen molar-refractivity contribution >= 4 is 27.5 Å². The van der Waals surface area contributed by atoms with Gasteiger partial charge in [0, 0.05) is 4.47 Å². The molecular weight excluding hydrogens is 330 g/mol. The lowest BCUT2D eigenvalue weighted by Gasteiger charge is -2.17. The molecule has 0 aromatic heterocycles. The highest BCUT2D eigenvalue weighted by molar-refractivity contribution is 9.10. The third-order valence-corrected chi connectivity index (χ3v) is 4.05. The monoisotopic (exact) mass is 347 g/mol. The molecule has 2 aromatic carbocycles. The van der Waals surface area contributed by atoms with E-state index in [4.69, 9.17) is 4.74 Å². The molecule has 0 aliphatic rings. The van der Waals surface area contributed by atoms with Gasteiger partial charge in [0.05, 0.1) is 5.69 Å². The van der Waals surface area contributed by atoms with Crippen molar-refractivity contribution in [3.05, 3.63) is 58.1 Å². The maximum Gasteiger partial charge on any atom is 0.265 e. The predicted molar refractivity (Wildman–Crippen MR) is 88.8 cm³/mol. The largest absolute Gasteiger partial charge is 0.481 e. The summed E-state index contributed by atoms with van der Waals surface area (Å²) in [4.78, 5) is 12.2. The summed E-state index contributed by atoms with van der Waals surface area (Å²) in [6, 6.07) is 13.3. The molecule has 110 valence electrons. The molecule has 0 aliphatic heterocycles. The Morgan fingerprint density at radius 2 is 1.86 bits per heavy atom. The van der Waals surface area contributed by atoms with Crippen LogP contribution < -0.4 is 10.1 Å². The zero-order chi connectivity index (χ0) is 15.4. The number of carbonyl (C=O) groups excluding carboxylic acids is 1. The molecule has 21 heavy (non-hydrogen) atoms. The van der Waals surface area contributed by atoms with Crippen LogP contribution in [-0.2, 0) is 4.79 Å². The number of anilines is 1. The highest BCUT2D eigenvalue weighted by Gasteiger charge is 2.17. The van der Waals surface area contributed by atoms with Crippen molar-refractivity contribution < 1.29 is 9.53 Å². The normalized spacial score (nSPS) is 11.8. The maximum absolute atomic E-state index is 12.2. The van der Waals surface area contributed by atoms with E-state index in [1.807, 2.05) is 56.3 Å². The SMILES string of the molecule is Cc1cccc(OC(C)C(=O)Nc2ccccc2Br)c1C. The van der Waals surface area contributed by atoms with E-state index in [-0.39, 0.29) is 5.91 Å². The number of hydrogen-bond donors (Lipinski definition) is 1. The van der Waals surface area contributed by atoms with Gasteiger partial charge in [0.1, 0.15) is 5.75 Å². The number of rotatable bonds is 4. The Morgan fingerprint density at radius 1 is 1.14 bits per heavy atom. The van der Waals surface area contributed by atoms with E-state index < -0.39 is 6.10 Å². The number of carbonyl (C=O) groups is 1. The minimum atomic E-state index is -0.572. The standard InChI is InChI=1S/C17H18BrNO2/c1-11-7-6-10-16(12(11)2)21-13(3)17(20)19-15-9-5-4-8-14(15)18/h4-10,13H,1-3H3,(H,19,20). The summed E-state index contributed by atoms with van der Waals surface area (Å²) >= 11 is 3.41. The van der Waals surface area contributed by atoms with Crippen LogP contribution in [0.5, 0.6) is 5.75 Å². The van der Waals surface area contributed by atoms with Crippen molar-refractivity contribution in [2.45, 2.75) is 26.9 Å². The molecule has 0 heterocycles. The molecule has 3 nitrogen and oxygen atoms in total. The van der Waals surface area contributed by atoms with Gasteiger partial charge in [-0.1, -0.05) is 24.3 Å². The Hall–Kier alpha value is -1.81. The van der Waals surface area contributed by atoms with Crippen molar-refractivity contribution in [1.82, 2.24) is 0 Å². The lowest BCUT2D eigenvalue weighted by Crippen LogP contribution is -2.30. The first kappa shape index (κ1) is 15.6. The van der Waals surface area contributed by atoms with E-state index in [1.54, 1.807) is 6.92 Å². The molecule has 0 fully saturated rings. The van der Waals surface area contributed by atoms with Crippen LogP contribution in [0.4, 0.5) is 5.69 Å². The molecule has 2 rings (SSSR count). The minimum absolute atomic E-state index is 0.178. The van der Waals surface area contributed by atoms with Crippen LogP contribution in [-0.4, -0.2) is 12.0 Å². The fraction of sp³-hybridized carbons (Fsp3) is 0.235. The molecule has 0 spiro atoms. The Kier molecular flexibility index (Phi) is 5.02. The van der Waals surface area contributed by atoms with Crippen LogP contribution in [0.15, 0.2) is 46.9 Å². The number of amides is 1. The number of benzene rings is 2. The Balaban J connectivity index is 2.06. The van der Waals surface area contributed by atoms with Crippen molar-refractivity contribution in [3.63, 3.8) is 0 Å². The van der Waals surface area contributed by atoms with Crippen molar-refractivity contribution in [1.29, 1.82) is 0 Å². The first-order valence-corrected chi connectivity index (χ1v) is 7.56. The van der Waals surface area contributed by atoms with Gasteiger partial charge in [0.2, 0.25) is 0 Å². The number of para-hydroxylation sites is 1. The fourth-order valence-corrected chi connectivity index (χ4v) is 2.28. The predicted octanol–water partition coefficient (Wildman–Crippen LogP) is 4.47. The lowest BCUT2D eigenvalue weighted by molar-refractivity contribution is -0.122.